The van der Waals surface area contributed by atoms with Crippen molar-refractivity contribution in [3.8, 4) is 17.2 Å². The van der Waals surface area contributed by atoms with Gasteiger partial charge < -0.3 is 44.0 Å². The minimum atomic E-state index is -3.12. The fourth-order valence-corrected chi connectivity index (χ4v) is 6.87. The number of pyridine rings is 1. The van der Waals surface area contributed by atoms with Gasteiger partial charge in [0.1, 0.15) is 33.9 Å². The number of halogens is 4. The molecule has 2 aliphatic rings. The minimum absolute atomic E-state index is 0.00571. The number of ether oxygens (including phenoxy) is 5. The maximum absolute atomic E-state index is 13.9. The number of hydrogen-bond donors (Lipinski definition) is 1. The van der Waals surface area contributed by atoms with Crippen LogP contribution >= 0.6 is 23.2 Å². The second kappa shape index (κ2) is 18.7. The number of benzene rings is 2. The third kappa shape index (κ3) is 11.7. The molecule has 3 atom stereocenters. The third-order valence-electron chi connectivity index (χ3n) is 9.38. The summed E-state index contributed by atoms with van der Waals surface area (Å²) in [6, 6.07) is 7.50. The molecule has 3 aromatic rings. The van der Waals surface area contributed by atoms with Crippen LogP contribution in [0.1, 0.15) is 81.5 Å². The normalized spacial score (nSPS) is 17.4. The van der Waals surface area contributed by atoms with Crippen molar-refractivity contribution in [2.45, 2.75) is 90.7 Å². The summed E-state index contributed by atoms with van der Waals surface area (Å²) in [7, 11) is 1.36. The average Bonchev–Trinajstić information content (AvgIpc) is 3.96. The first kappa shape index (κ1) is 44.0. The van der Waals surface area contributed by atoms with Crippen LogP contribution in [-0.2, 0) is 25.5 Å². The van der Waals surface area contributed by atoms with Gasteiger partial charge in [-0.15, -0.1) is 0 Å². The summed E-state index contributed by atoms with van der Waals surface area (Å²) in [5.74, 6) is -1.78. The molecule has 18 heteroatoms. The number of rotatable bonds is 14. The molecule has 58 heavy (non-hydrogen) atoms. The highest BCUT2D eigenvalue weighted by molar-refractivity contribution is 6.35. The van der Waals surface area contributed by atoms with E-state index in [1.165, 1.54) is 48.4 Å². The van der Waals surface area contributed by atoms with Crippen LogP contribution in [0.3, 0.4) is 0 Å². The SMILES string of the molecule is COc1ccc(C(=O)OC(Cc2c(Cl)c[n+]([O-])cc2Cl)c2ccc(OC(F)F)c(OCC3CC3)c2)cc1NC(=O)CC(=O)N1C[C@@H](C)N(C(=O)OC(C)(C)C)C[C@@H]1C. The van der Waals surface area contributed by atoms with Crippen molar-refractivity contribution in [1.29, 1.82) is 0 Å². The van der Waals surface area contributed by atoms with Gasteiger partial charge in [-0.25, -0.2) is 9.59 Å². The molecule has 1 aromatic heterocycles. The molecule has 0 spiro atoms. The minimum Gasteiger partial charge on any atom is -0.619 e. The van der Waals surface area contributed by atoms with Crippen LogP contribution in [0.5, 0.6) is 17.2 Å². The highest BCUT2D eigenvalue weighted by Gasteiger charge is 2.37. The van der Waals surface area contributed by atoms with Crippen LogP contribution in [0.15, 0.2) is 48.8 Å². The first-order chi connectivity index (χ1) is 27.3. The molecule has 0 radical (unpaired) electrons. The summed E-state index contributed by atoms with van der Waals surface area (Å²) < 4.78 is 54.4. The monoisotopic (exact) mass is 850 g/mol. The van der Waals surface area contributed by atoms with E-state index in [-0.39, 0.29) is 82.2 Å². The van der Waals surface area contributed by atoms with Gasteiger partial charge in [0.15, 0.2) is 23.9 Å². The molecular formula is C40H46Cl2F2N4O10. The lowest BCUT2D eigenvalue weighted by atomic mass is 10.0. The van der Waals surface area contributed by atoms with E-state index in [4.69, 9.17) is 42.1 Å². The molecule has 14 nitrogen and oxygen atoms in total. The van der Waals surface area contributed by atoms with E-state index in [0.29, 0.717) is 10.3 Å². The van der Waals surface area contributed by atoms with E-state index in [2.05, 4.69) is 10.1 Å². The Hall–Kier alpha value is -5.09. The highest BCUT2D eigenvalue weighted by Crippen LogP contribution is 2.38. The van der Waals surface area contributed by atoms with Gasteiger partial charge in [0, 0.05) is 37.2 Å². The Morgan fingerprint density at radius 1 is 0.948 bits per heavy atom. The van der Waals surface area contributed by atoms with E-state index >= 15 is 0 Å². The molecule has 314 valence electrons. The number of aromatic nitrogens is 1. The van der Waals surface area contributed by atoms with Crippen molar-refractivity contribution in [2.75, 3.05) is 32.1 Å². The number of carbonyl (C=O) groups is 4. The fourth-order valence-electron chi connectivity index (χ4n) is 6.27. The van der Waals surface area contributed by atoms with Crippen LogP contribution in [0.4, 0.5) is 19.3 Å². The van der Waals surface area contributed by atoms with E-state index in [1.54, 1.807) is 39.5 Å². The molecule has 2 heterocycles. The average molecular weight is 852 g/mol. The van der Waals surface area contributed by atoms with Gasteiger partial charge in [0.2, 0.25) is 11.8 Å². The largest absolute Gasteiger partial charge is 0.619 e. The lowest BCUT2D eigenvalue weighted by Gasteiger charge is -2.44. The number of alkyl halides is 2. The predicted octanol–water partition coefficient (Wildman–Crippen LogP) is 7.35. The molecule has 3 amide bonds. The van der Waals surface area contributed by atoms with Crippen molar-refractivity contribution in [3.63, 3.8) is 0 Å². The van der Waals surface area contributed by atoms with Gasteiger partial charge in [-0.05, 0) is 89.3 Å². The van der Waals surface area contributed by atoms with Gasteiger partial charge in [-0.1, -0.05) is 29.3 Å². The van der Waals surface area contributed by atoms with E-state index in [9.17, 15) is 33.2 Å². The maximum Gasteiger partial charge on any atom is 0.410 e. The quantitative estimate of drug-likeness (QED) is 0.0752. The Morgan fingerprint density at radius 2 is 1.59 bits per heavy atom. The number of piperazine rings is 1. The molecule has 1 aliphatic heterocycles. The van der Waals surface area contributed by atoms with Crippen LogP contribution in [0.25, 0.3) is 0 Å². The Bertz CT molecular complexity index is 1990. The Balaban J connectivity index is 1.34. The number of nitrogens with one attached hydrogen (secondary N) is 1. The zero-order chi connectivity index (χ0) is 42.5. The Labute approximate surface area is 344 Å². The molecule has 1 aliphatic carbocycles. The number of anilines is 1. The van der Waals surface area contributed by atoms with Crippen molar-refractivity contribution >= 4 is 52.8 Å². The van der Waals surface area contributed by atoms with E-state index in [0.717, 1.165) is 25.2 Å². The summed E-state index contributed by atoms with van der Waals surface area (Å²) in [6.07, 6.45) is 1.70. The summed E-state index contributed by atoms with van der Waals surface area (Å²) in [5, 5.41) is 14.6. The van der Waals surface area contributed by atoms with E-state index in [1.807, 2.05) is 0 Å². The standard InChI is InChI=1S/C40H46Cl2F2N4O10/c1-22-18-48(39(52)58-40(3,4)5)23(2)17-47(22)36(50)16-35(49)45-30-13-26(10-11-31(30)54-6)37(51)56-33(15-27-28(41)19-46(53)20-29(27)42)25-9-12-32(57-38(43)44)34(14-25)55-21-24-7-8-24/h9-14,19-20,22-24,33,38H,7-8,15-18,21H2,1-6H3,(H,45,49)/t22-,23+,33?/m0/s1. The molecule has 2 aromatic carbocycles. The summed E-state index contributed by atoms with van der Waals surface area (Å²) in [6.45, 7) is 6.42. The molecule has 1 saturated heterocycles. The molecule has 5 rings (SSSR count). The smallest absolute Gasteiger partial charge is 0.410 e. The van der Waals surface area contributed by atoms with Gasteiger partial charge in [0.05, 0.1) is 25.0 Å². The van der Waals surface area contributed by atoms with Gasteiger partial charge >= 0.3 is 18.7 Å². The second-order valence-corrected chi connectivity index (χ2v) is 16.1. The fraction of sp³-hybridized carbons (Fsp3) is 0.475. The number of methoxy groups -OCH3 is 1. The van der Waals surface area contributed by atoms with Crippen molar-refractivity contribution in [1.82, 2.24) is 9.80 Å². The predicted molar refractivity (Wildman–Crippen MR) is 208 cm³/mol. The Morgan fingerprint density at radius 3 is 2.21 bits per heavy atom. The third-order valence-corrected chi connectivity index (χ3v) is 10.0. The number of esters is 1. The summed E-state index contributed by atoms with van der Waals surface area (Å²) >= 11 is 12.8. The Kier molecular flexibility index (Phi) is 14.2. The molecule has 1 saturated carbocycles. The van der Waals surface area contributed by atoms with Gasteiger partial charge in [0.25, 0.3) is 0 Å². The molecule has 1 N–H and O–H groups in total. The maximum atomic E-state index is 13.9. The first-order valence-electron chi connectivity index (χ1n) is 18.6. The van der Waals surface area contributed by atoms with Crippen molar-refractivity contribution in [2.24, 2.45) is 5.92 Å². The van der Waals surface area contributed by atoms with E-state index < -0.39 is 54.7 Å². The zero-order valence-corrected chi connectivity index (χ0v) is 34.4. The van der Waals surface area contributed by atoms with Crippen molar-refractivity contribution in [3.05, 3.63) is 80.7 Å². The van der Waals surface area contributed by atoms with Crippen LogP contribution in [-0.4, -0.2) is 84.8 Å². The first-order valence-corrected chi connectivity index (χ1v) is 19.3. The van der Waals surface area contributed by atoms with Crippen LogP contribution < -0.4 is 24.3 Å². The lowest BCUT2D eigenvalue weighted by molar-refractivity contribution is -0.605. The van der Waals surface area contributed by atoms with Crippen LogP contribution in [0, 0.1) is 11.1 Å². The summed E-state index contributed by atoms with van der Waals surface area (Å²) in [4.78, 5) is 56.4. The molecular weight excluding hydrogens is 805 g/mol. The molecule has 2 fully saturated rings. The van der Waals surface area contributed by atoms with Crippen LogP contribution in [0.2, 0.25) is 10.0 Å². The zero-order valence-electron chi connectivity index (χ0n) is 32.9. The highest BCUT2D eigenvalue weighted by atomic mass is 35.5. The molecule has 1 unspecified atom stereocenters. The number of nitrogens with zero attached hydrogens (tertiary/aromatic N) is 3. The second-order valence-electron chi connectivity index (χ2n) is 15.2. The topological polar surface area (TPSA) is 160 Å². The number of amides is 3. The van der Waals surface area contributed by atoms with Gasteiger partial charge in [-0.2, -0.15) is 13.5 Å². The molecule has 0 bridgehead atoms. The van der Waals surface area contributed by atoms with Gasteiger partial charge in [-0.3, -0.25) is 9.59 Å². The number of hydrogen-bond acceptors (Lipinski definition) is 10. The number of carbonyl (C=O) groups excluding carboxylic acids is 4. The van der Waals surface area contributed by atoms with Crippen molar-refractivity contribution < 1.29 is 56.4 Å². The summed E-state index contributed by atoms with van der Waals surface area (Å²) in [5.41, 5.74) is -0.0716. The lowest BCUT2D eigenvalue weighted by Crippen LogP contribution is -2.60.